The minimum absolute atomic E-state index is 0.0728. The maximum absolute atomic E-state index is 13.5. The van der Waals surface area contributed by atoms with Crippen LogP contribution in [-0.4, -0.2) is 18.0 Å². The first kappa shape index (κ1) is 14.5. The molecule has 0 fully saturated rings. The van der Waals surface area contributed by atoms with E-state index in [9.17, 15) is 9.18 Å². The van der Waals surface area contributed by atoms with Crippen molar-refractivity contribution in [2.75, 3.05) is 11.9 Å². The van der Waals surface area contributed by atoms with Gasteiger partial charge in [0.15, 0.2) is 0 Å². The van der Waals surface area contributed by atoms with E-state index in [4.69, 9.17) is 0 Å². The molecule has 0 radical (unpaired) electrons. The Labute approximate surface area is 108 Å². The third kappa shape index (κ3) is 4.35. The van der Waals surface area contributed by atoms with Gasteiger partial charge in [-0.15, -0.1) is 0 Å². The topological polar surface area (TPSA) is 41.1 Å². The Morgan fingerprint density at radius 2 is 2.06 bits per heavy atom. The van der Waals surface area contributed by atoms with Crippen molar-refractivity contribution >= 4 is 11.6 Å². The van der Waals surface area contributed by atoms with Crippen molar-refractivity contribution < 1.29 is 9.18 Å². The highest BCUT2D eigenvalue weighted by molar-refractivity contribution is 5.81. The molecule has 0 spiro atoms. The largest absolute Gasteiger partial charge is 0.374 e. The molecular weight excluding hydrogens is 231 g/mol. The van der Waals surface area contributed by atoms with Gasteiger partial charge in [-0.2, -0.15) is 0 Å². The fourth-order valence-electron chi connectivity index (χ4n) is 1.45. The van der Waals surface area contributed by atoms with Crippen molar-refractivity contribution in [2.24, 2.45) is 0 Å². The summed E-state index contributed by atoms with van der Waals surface area (Å²) in [5.41, 5.74) is 0.976. The van der Waals surface area contributed by atoms with Crippen LogP contribution in [0.4, 0.5) is 10.1 Å². The van der Waals surface area contributed by atoms with Crippen molar-refractivity contribution in [3.63, 3.8) is 0 Å². The second kappa shape index (κ2) is 5.85. The SMILES string of the molecule is CCC(C)(C)NC(=O)CNc1ccc(C)cc1F. The van der Waals surface area contributed by atoms with Gasteiger partial charge in [0.2, 0.25) is 5.91 Å². The minimum atomic E-state index is -0.336. The van der Waals surface area contributed by atoms with Gasteiger partial charge >= 0.3 is 0 Å². The summed E-state index contributed by atoms with van der Waals surface area (Å²) < 4.78 is 13.5. The van der Waals surface area contributed by atoms with E-state index in [1.165, 1.54) is 6.07 Å². The summed E-state index contributed by atoms with van der Waals surface area (Å²) in [6.07, 6.45) is 0.845. The van der Waals surface area contributed by atoms with Crippen LogP contribution in [0.1, 0.15) is 32.8 Å². The van der Waals surface area contributed by atoms with Crippen LogP contribution in [0, 0.1) is 12.7 Å². The van der Waals surface area contributed by atoms with Gasteiger partial charge in [-0.05, 0) is 44.9 Å². The number of hydrogen-bond acceptors (Lipinski definition) is 2. The molecular formula is C14H21FN2O. The smallest absolute Gasteiger partial charge is 0.239 e. The van der Waals surface area contributed by atoms with Gasteiger partial charge in [0.25, 0.3) is 0 Å². The number of rotatable bonds is 5. The number of aryl methyl sites for hydroxylation is 1. The van der Waals surface area contributed by atoms with Gasteiger partial charge < -0.3 is 10.6 Å². The maximum Gasteiger partial charge on any atom is 0.239 e. The van der Waals surface area contributed by atoms with Crippen LogP contribution in [0.3, 0.4) is 0 Å². The van der Waals surface area contributed by atoms with E-state index in [0.29, 0.717) is 5.69 Å². The molecule has 1 rings (SSSR count). The second-order valence-electron chi connectivity index (χ2n) is 5.12. The van der Waals surface area contributed by atoms with Gasteiger partial charge in [-0.25, -0.2) is 4.39 Å². The van der Waals surface area contributed by atoms with Crippen molar-refractivity contribution in [2.45, 2.75) is 39.7 Å². The van der Waals surface area contributed by atoms with Gasteiger partial charge in [-0.1, -0.05) is 13.0 Å². The molecule has 0 heterocycles. The molecule has 0 atom stereocenters. The predicted molar refractivity (Wildman–Crippen MR) is 72.1 cm³/mol. The molecule has 1 amide bonds. The monoisotopic (exact) mass is 252 g/mol. The van der Waals surface area contributed by atoms with Crippen LogP contribution in [0.25, 0.3) is 0 Å². The van der Waals surface area contributed by atoms with Gasteiger partial charge in [0, 0.05) is 5.54 Å². The minimum Gasteiger partial charge on any atom is -0.374 e. The Morgan fingerprint density at radius 3 is 2.61 bits per heavy atom. The van der Waals surface area contributed by atoms with E-state index < -0.39 is 0 Å². The fraction of sp³-hybridized carbons (Fsp3) is 0.500. The molecule has 100 valence electrons. The normalized spacial score (nSPS) is 11.2. The summed E-state index contributed by atoms with van der Waals surface area (Å²) in [5, 5.41) is 5.68. The average molecular weight is 252 g/mol. The number of hydrogen-bond donors (Lipinski definition) is 2. The molecule has 0 saturated heterocycles. The highest BCUT2D eigenvalue weighted by Crippen LogP contribution is 2.14. The van der Waals surface area contributed by atoms with Crippen LogP contribution in [0.5, 0.6) is 0 Å². The molecule has 18 heavy (non-hydrogen) atoms. The lowest BCUT2D eigenvalue weighted by atomic mass is 10.0. The Morgan fingerprint density at radius 1 is 1.39 bits per heavy atom. The van der Waals surface area contributed by atoms with Crippen LogP contribution in [-0.2, 0) is 4.79 Å². The number of anilines is 1. The lowest BCUT2D eigenvalue weighted by Crippen LogP contribution is -2.45. The molecule has 2 N–H and O–H groups in total. The Kier molecular flexibility index (Phi) is 4.70. The van der Waals surface area contributed by atoms with E-state index >= 15 is 0 Å². The maximum atomic E-state index is 13.5. The quantitative estimate of drug-likeness (QED) is 0.846. The van der Waals surface area contributed by atoms with E-state index in [2.05, 4.69) is 10.6 Å². The zero-order chi connectivity index (χ0) is 13.8. The van der Waals surface area contributed by atoms with E-state index in [0.717, 1.165) is 12.0 Å². The molecule has 1 aromatic carbocycles. The standard InChI is InChI=1S/C14H21FN2O/c1-5-14(3,4)17-13(18)9-16-12-7-6-10(2)8-11(12)15/h6-8,16H,5,9H2,1-4H3,(H,17,18). The molecule has 0 aliphatic rings. The van der Waals surface area contributed by atoms with E-state index in [1.54, 1.807) is 12.1 Å². The van der Waals surface area contributed by atoms with Crippen molar-refractivity contribution in [1.29, 1.82) is 0 Å². The number of benzene rings is 1. The predicted octanol–water partition coefficient (Wildman–Crippen LogP) is 2.85. The zero-order valence-corrected chi connectivity index (χ0v) is 11.4. The van der Waals surface area contributed by atoms with Crippen LogP contribution in [0.2, 0.25) is 0 Å². The third-order valence-electron chi connectivity index (χ3n) is 2.93. The summed E-state index contributed by atoms with van der Waals surface area (Å²) in [7, 11) is 0. The highest BCUT2D eigenvalue weighted by Gasteiger charge is 2.17. The number of carbonyl (C=O) groups is 1. The van der Waals surface area contributed by atoms with Gasteiger partial charge in [0.1, 0.15) is 5.82 Å². The van der Waals surface area contributed by atoms with Crippen LogP contribution in [0.15, 0.2) is 18.2 Å². The summed E-state index contributed by atoms with van der Waals surface area (Å²) in [6.45, 7) is 7.81. The second-order valence-corrected chi connectivity index (χ2v) is 5.12. The first-order chi connectivity index (χ1) is 8.34. The number of carbonyl (C=O) groups excluding carboxylic acids is 1. The Hall–Kier alpha value is -1.58. The van der Waals surface area contributed by atoms with Crippen molar-refractivity contribution in [3.8, 4) is 0 Å². The number of nitrogens with one attached hydrogen (secondary N) is 2. The molecule has 0 bridgehead atoms. The average Bonchev–Trinajstić information content (AvgIpc) is 2.27. The summed E-state index contributed by atoms with van der Waals surface area (Å²) in [6, 6.07) is 4.89. The summed E-state index contributed by atoms with van der Waals surface area (Å²) in [4.78, 5) is 11.7. The van der Waals surface area contributed by atoms with Crippen molar-refractivity contribution in [3.05, 3.63) is 29.6 Å². The molecule has 1 aromatic rings. The Bertz CT molecular complexity index is 430. The lowest BCUT2D eigenvalue weighted by Gasteiger charge is -2.24. The van der Waals surface area contributed by atoms with Crippen molar-refractivity contribution in [1.82, 2.24) is 5.32 Å². The highest BCUT2D eigenvalue weighted by atomic mass is 19.1. The van der Waals surface area contributed by atoms with E-state index in [-0.39, 0.29) is 23.8 Å². The Balaban J connectivity index is 2.53. The first-order valence-corrected chi connectivity index (χ1v) is 6.15. The molecule has 0 aliphatic carbocycles. The van der Waals surface area contributed by atoms with Crippen LogP contribution >= 0.6 is 0 Å². The molecule has 0 aromatic heterocycles. The van der Waals surface area contributed by atoms with E-state index in [1.807, 2.05) is 27.7 Å². The molecule has 4 heteroatoms. The molecule has 3 nitrogen and oxygen atoms in total. The number of amides is 1. The van der Waals surface area contributed by atoms with Gasteiger partial charge in [0.05, 0.1) is 12.2 Å². The first-order valence-electron chi connectivity index (χ1n) is 6.15. The van der Waals surface area contributed by atoms with Gasteiger partial charge in [-0.3, -0.25) is 4.79 Å². The fourth-order valence-corrected chi connectivity index (χ4v) is 1.45. The summed E-state index contributed by atoms with van der Waals surface area (Å²) in [5.74, 6) is -0.473. The third-order valence-corrected chi connectivity index (χ3v) is 2.93. The number of halogens is 1. The molecule has 0 unspecified atom stereocenters. The molecule has 0 aliphatic heterocycles. The lowest BCUT2D eigenvalue weighted by molar-refractivity contribution is -0.121. The molecule has 0 saturated carbocycles. The summed E-state index contributed by atoms with van der Waals surface area (Å²) >= 11 is 0. The van der Waals surface area contributed by atoms with Crippen LogP contribution < -0.4 is 10.6 Å². The zero-order valence-electron chi connectivity index (χ0n) is 11.4.